The maximum Gasteiger partial charge on any atom is 0.274 e. The minimum absolute atomic E-state index is 0.0220. The number of benzene rings is 2. The van der Waals surface area contributed by atoms with Crippen LogP contribution in [0.5, 0.6) is 11.5 Å². The molecule has 0 radical (unpaired) electrons. The molecule has 7 heteroatoms. The number of aromatic nitrogens is 2. The number of aryl methyl sites for hydroxylation is 1. The summed E-state index contributed by atoms with van der Waals surface area (Å²) in [5, 5.41) is 14.1. The van der Waals surface area contributed by atoms with Crippen molar-refractivity contribution in [3.63, 3.8) is 0 Å². The molecule has 0 aliphatic carbocycles. The van der Waals surface area contributed by atoms with Crippen molar-refractivity contribution in [2.24, 2.45) is 13.0 Å². The van der Waals surface area contributed by atoms with Gasteiger partial charge in [-0.05, 0) is 67.6 Å². The molecule has 1 aliphatic rings. The van der Waals surface area contributed by atoms with Crippen LogP contribution in [0.25, 0.3) is 6.08 Å². The van der Waals surface area contributed by atoms with Gasteiger partial charge in [0.1, 0.15) is 5.69 Å². The van der Waals surface area contributed by atoms with Crippen LogP contribution in [0.2, 0.25) is 0 Å². The molecule has 3 aromatic rings. The predicted molar refractivity (Wildman–Crippen MR) is 142 cm³/mol. The van der Waals surface area contributed by atoms with Crippen molar-refractivity contribution in [3.8, 4) is 11.5 Å². The second-order valence-electron chi connectivity index (χ2n) is 9.52. The predicted octanol–water partition coefficient (Wildman–Crippen LogP) is 4.24. The lowest BCUT2D eigenvalue weighted by molar-refractivity contribution is 0.0592. The number of carbonyl (C=O) groups is 1. The van der Waals surface area contributed by atoms with E-state index in [1.165, 1.54) is 5.56 Å². The number of phenolic OH excluding ortho intramolecular Hbond substituents is 1. The van der Waals surface area contributed by atoms with Gasteiger partial charge < -0.3 is 14.7 Å². The molecule has 1 unspecified atom stereocenters. The number of piperidine rings is 1. The first-order valence-electron chi connectivity index (χ1n) is 12.5. The summed E-state index contributed by atoms with van der Waals surface area (Å²) in [6, 6.07) is 17.7. The van der Waals surface area contributed by atoms with E-state index in [0.717, 1.165) is 44.5 Å². The van der Waals surface area contributed by atoms with E-state index >= 15 is 0 Å². The molecule has 1 fully saturated rings. The number of rotatable bonds is 9. The van der Waals surface area contributed by atoms with Crippen LogP contribution in [-0.2, 0) is 13.5 Å². The molecule has 1 saturated heterocycles. The van der Waals surface area contributed by atoms with Gasteiger partial charge in [0.15, 0.2) is 11.5 Å². The average Bonchev–Trinajstić information content (AvgIpc) is 3.34. The molecule has 0 spiro atoms. The molecule has 36 heavy (non-hydrogen) atoms. The minimum atomic E-state index is -0.0220. The number of hydrogen-bond acceptors (Lipinski definition) is 5. The maximum atomic E-state index is 13.2. The normalized spacial score (nSPS) is 15.8. The van der Waals surface area contributed by atoms with Gasteiger partial charge in [0.25, 0.3) is 5.91 Å². The van der Waals surface area contributed by atoms with E-state index < -0.39 is 0 Å². The highest BCUT2D eigenvalue weighted by Gasteiger charge is 2.32. The lowest BCUT2D eigenvalue weighted by atomic mass is 9.85. The van der Waals surface area contributed by atoms with Crippen LogP contribution in [-0.4, -0.2) is 70.4 Å². The number of phenols is 1. The van der Waals surface area contributed by atoms with Crippen LogP contribution in [0.4, 0.5) is 0 Å². The van der Waals surface area contributed by atoms with Gasteiger partial charge in [0.2, 0.25) is 0 Å². The van der Waals surface area contributed by atoms with Gasteiger partial charge in [-0.3, -0.25) is 14.4 Å². The first kappa shape index (κ1) is 25.5. The summed E-state index contributed by atoms with van der Waals surface area (Å²) in [6.07, 6.45) is 8.95. The lowest BCUT2D eigenvalue weighted by Gasteiger charge is -2.39. The largest absolute Gasteiger partial charge is 0.504 e. The van der Waals surface area contributed by atoms with E-state index in [-0.39, 0.29) is 17.7 Å². The number of carbonyl (C=O) groups excluding carboxylic acids is 1. The number of hydrogen-bond donors (Lipinski definition) is 1. The molecule has 1 aromatic heterocycles. The second-order valence-corrected chi connectivity index (χ2v) is 9.52. The fourth-order valence-corrected chi connectivity index (χ4v) is 4.99. The van der Waals surface area contributed by atoms with E-state index in [2.05, 4.69) is 46.4 Å². The van der Waals surface area contributed by atoms with Crippen molar-refractivity contribution in [2.75, 3.05) is 33.8 Å². The monoisotopic (exact) mass is 488 g/mol. The molecule has 2 heterocycles. The van der Waals surface area contributed by atoms with Crippen molar-refractivity contribution >= 4 is 12.0 Å². The Hall–Kier alpha value is -3.58. The van der Waals surface area contributed by atoms with Gasteiger partial charge in [0, 0.05) is 32.9 Å². The van der Waals surface area contributed by atoms with Crippen molar-refractivity contribution in [3.05, 3.63) is 83.7 Å². The molecule has 1 aliphatic heterocycles. The number of aromatic hydroxyl groups is 1. The molecule has 4 rings (SSSR count). The summed E-state index contributed by atoms with van der Waals surface area (Å²) < 4.78 is 6.87. The Morgan fingerprint density at radius 1 is 1.19 bits per heavy atom. The zero-order valence-corrected chi connectivity index (χ0v) is 21.4. The molecule has 1 atom stereocenters. The highest BCUT2D eigenvalue weighted by molar-refractivity contribution is 5.92. The van der Waals surface area contributed by atoms with Crippen LogP contribution in [0, 0.1) is 5.92 Å². The molecule has 2 aromatic carbocycles. The van der Waals surface area contributed by atoms with Gasteiger partial charge in [-0.15, -0.1) is 0 Å². The van der Waals surface area contributed by atoms with Crippen molar-refractivity contribution in [1.29, 1.82) is 0 Å². The van der Waals surface area contributed by atoms with E-state index in [4.69, 9.17) is 4.74 Å². The van der Waals surface area contributed by atoms with E-state index in [0.29, 0.717) is 17.4 Å². The smallest absolute Gasteiger partial charge is 0.274 e. The topological polar surface area (TPSA) is 70.8 Å². The Balaban J connectivity index is 1.39. The Kier molecular flexibility index (Phi) is 8.44. The van der Waals surface area contributed by atoms with Gasteiger partial charge >= 0.3 is 0 Å². The summed E-state index contributed by atoms with van der Waals surface area (Å²) in [7, 11) is 5.31. The second kappa shape index (κ2) is 11.9. The number of methoxy groups -OCH3 is 1. The Bertz CT molecular complexity index is 1170. The van der Waals surface area contributed by atoms with Gasteiger partial charge in [0.05, 0.1) is 7.11 Å². The highest BCUT2D eigenvalue weighted by atomic mass is 16.5. The molecule has 1 N–H and O–H groups in total. The van der Waals surface area contributed by atoms with Crippen LogP contribution in [0.1, 0.15) is 34.5 Å². The summed E-state index contributed by atoms with van der Waals surface area (Å²) in [5.74, 6) is 1.02. The summed E-state index contributed by atoms with van der Waals surface area (Å²) in [6.45, 7) is 2.84. The molecular formula is C29H36N4O3. The fourth-order valence-electron chi connectivity index (χ4n) is 4.99. The molecule has 7 nitrogen and oxygen atoms in total. The third kappa shape index (κ3) is 6.34. The maximum absolute atomic E-state index is 13.2. The minimum Gasteiger partial charge on any atom is -0.504 e. The third-order valence-corrected chi connectivity index (χ3v) is 7.09. The standard InChI is InChI=1S/C29H36N4O3/c1-31-17-15-25(30-31)29(35)32(2)26(20-22-8-5-4-6-9-22)24-13-18-33(19-14-24)16-7-10-23-11-12-27(34)28(21-23)36-3/h4-12,15,17,21,24,26,34H,13-14,16,18-20H2,1-3H3. The van der Waals surface area contributed by atoms with Crippen LogP contribution in [0.15, 0.2) is 66.9 Å². The van der Waals surface area contributed by atoms with E-state index in [9.17, 15) is 9.90 Å². The number of ether oxygens (including phenoxy) is 1. The van der Waals surface area contributed by atoms with Crippen molar-refractivity contribution in [1.82, 2.24) is 19.6 Å². The molecule has 190 valence electrons. The first-order valence-corrected chi connectivity index (χ1v) is 12.5. The van der Waals surface area contributed by atoms with Crippen LogP contribution >= 0.6 is 0 Å². The number of likely N-dealkylation sites (N-methyl/N-ethyl adjacent to an activating group) is 1. The average molecular weight is 489 g/mol. The highest BCUT2D eigenvalue weighted by Crippen LogP contribution is 2.28. The SMILES string of the molecule is COc1cc(C=CCN2CCC(C(Cc3ccccc3)N(C)C(=O)c3ccn(C)n3)CC2)ccc1O. The zero-order chi connectivity index (χ0) is 25.5. The summed E-state index contributed by atoms with van der Waals surface area (Å²) in [4.78, 5) is 17.6. The lowest BCUT2D eigenvalue weighted by Crippen LogP contribution is -2.47. The van der Waals surface area contributed by atoms with Crippen molar-refractivity contribution in [2.45, 2.75) is 25.3 Å². The Morgan fingerprint density at radius 3 is 2.61 bits per heavy atom. The van der Waals surface area contributed by atoms with Crippen molar-refractivity contribution < 1.29 is 14.6 Å². The van der Waals surface area contributed by atoms with E-state index in [1.807, 2.05) is 43.4 Å². The summed E-state index contributed by atoms with van der Waals surface area (Å²) in [5.41, 5.74) is 2.74. The number of amides is 1. The summed E-state index contributed by atoms with van der Waals surface area (Å²) >= 11 is 0. The van der Waals surface area contributed by atoms with Crippen LogP contribution in [0.3, 0.4) is 0 Å². The molecule has 0 saturated carbocycles. The fraction of sp³-hybridized carbons (Fsp3) is 0.379. The zero-order valence-electron chi connectivity index (χ0n) is 21.4. The van der Waals surface area contributed by atoms with E-state index in [1.54, 1.807) is 23.9 Å². The molecular weight excluding hydrogens is 452 g/mol. The number of likely N-dealkylation sites (tertiary alicyclic amines) is 1. The van der Waals surface area contributed by atoms with Gasteiger partial charge in [-0.1, -0.05) is 48.6 Å². The molecule has 0 bridgehead atoms. The Morgan fingerprint density at radius 2 is 1.94 bits per heavy atom. The van der Waals surface area contributed by atoms with Crippen LogP contribution < -0.4 is 4.74 Å². The molecule has 1 amide bonds. The Labute approximate surface area is 213 Å². The third-order valence-electron chi connectivity index (χ3n) is 7.09. The first-order chi connectivity index (χ1) is 17.4. The number of nitrogens with zero attached hydrogens (tertiary/aromatic N) is 4. The van der Waals surface area contributed by atoms with Gasteiger partial charge in [-0.25, -0.2) is 0 Å². The van der Waals surface area contributed by atoms with Gasteiger partial charge in [-0.2, -0.15) is 5.10 Å². The quantitative estimate of drug-likeness (QED) is 0.488.